The second-order valence-corrected chi connectivity index (χ2v) is 11.3. The van der Waals surface area contributed by atoms with E-state index in [1.807, 2.05) is 48.5 Å². The highest BCUT2D eigenvalue weighted by Gasteiger charge is 2.27. The first-order valence-electron chi connectivity index (χ1n) is 14.5. The Bertz CT molecular complexity index is 1180. The Morgan fingerprint density at radius 2 is 1.23 bits per heavy atom. The summed E-state index contributed by atoms with van der Waals surface area (Å²) in [5.74, 6) is -1.23. The number of hydrogen-bond acceptors (Lipinski definition) is 7. The van der Waals surface area contributed by atoms with Crippen LogP contribution in [0, 0.1) is 11.8 Å². The van der Waals surface area contributed by atoms with Crippen molar-refractivity contribution in [3.63, 3.8) is 0 Å². The molecule has 7 heteroatoms. The number of aliphatic hydroxyl groups excluding tert-OH is 1. The highest BCUT2D eigenvalue weighted by Crippen LogP contribution is 2.27. The molecule has 2 aliphatic carbocycles. The van der Waals surface area contributed by atoms with Crippen LogP contribution < -0.4 is 0 Å². The molecule has 0 radical (unpaired) electrons. The van der Waals surface area contributed by atoms with Crippen molar-refractivity contribution >= 4 is 23.5 Å². The molecule has 2 saturated carbocycles. The summed E-state index contributed by atoms with van der Waals surface area (Å²) in [6, 6.07) is 15.3. The molecule has 40 heavy (non-hydrogen) atoms. The fraction of sp³-hybridized carbons (Fsp3) is 0.515. The third-order valence-corrected chi connectivity index (χ3v) is 8.39. The van der Waals surface area contributed by atoms with E-state index in [1.54, 1.807) is 13.8 Å². The van der Waals surface area contributed by atoms with Crippen molar-refractivity contribution in [1.82, 2.24) is 0 Å². The lowest BCUT2D eigenvalue weighted by molar-refractivity contribution is -0.162. The van der Waals surface area contributed by atoms with Crippen LogP contribution in [0.4, 0.5) is 0 Å². The van der Waals surface area contributed by atoms with Gasteiger partial charge in [-0.1, -0.05) is 48.5 Å². The molecule has 0 aromatic heterocycles. The molecule has 0 heterocycles. The molecule has 2 aliphatic rings. The van der Waals surface area contributed by atoms with Crippen molar-refractivity contribution in [3.8, 4) is 0 Å². The first-order valence-corrected chi connectivity index (χ1v) is 14.5. The Hall–Kier alpha value is -3.32. The Morgan fingerprint density at radius 1 is 0.775 bits per heavy atom. The second-order valence-electron chi connectivity index (χ2n) is 11.3. The number of ketones is 2. The standard InChI is InChI=1S/C33H40O7/c1-21(25-13-9-23(10-14-25)17-27-5-3-7-30(27)35)32(37)39-20-29(19-34)40-33(38)22(2)26-15-11-24(12-16-26)18-28-6-4-8-31(28)36/h9-16,21-22,27-29,34H,3-8,17-20H2,1-2H3. The third kappa shape index (κ3) is 7.66. The third-order valence-electron chi connectivity index (χ3n) is 8.39. The molecule has 4 rings (SSSR count). The molecule has 0 saturated heterocycles. The SMILES string of the molecule is CC(C(=O)OCC(CO)OC(=O)C(C)c1ccc(CC2CCCC2=O)cc1)c1ccc(CC2CCCC2=O)cc1. The number of ether oxygens (including phenoxy) is 2. The maximum Gasteiger partial charge on any atom is 0.313 e. The minimum absolute atomic E-state index is 0.0943. The lowest BCUT2D eigenvalue weighted by Crippen LogP contribution is -2.31. The van der Waals surface area contributed by atoms with Crippen molar-refractivity contribution in [2.24, 2.45) is 11.8 Å². The van der Waals surface area contributed by atoms with Crippen molar-refractivity contribution in [2.75, 3.05) is 13.2 Å². The van der Waals surface area contributed by atoms with Gasteiger partial charge in [0, 0.05) is 24.7 Å². The van der Waals surface area contributed by atoms with Crippen LogP contribution in [0.1, 0.15) is 86.5 Å². The topological polar surface area (TPSA) is 107 Å². The molecule has 5 atom stereocenters. The second kappa shape index (κ2) is 13.8. The molecule has 0 amide bonds. The van der Waals surface area contributed by atoms with E-state index in [1.165, 1.54) is 0 Å². The van der Waals surface area contributed by atoms with Crippen molar-refractivity contribution in [2.45, 2.75) is 83.2 Å². The van der Waals surface area contributed by atoms with Crippen LogP contribution in [-0.4, -0.2) is 47.9 Å². The first-order chi connectivity index (χ1) is 19.2. The summed E-state index contributed by atoms with van der Waals surface area (Å²) < 4.78 is 10.8. The summed E-state index contributed by atoms with van der Waals surface area (Å²) in [6.45, 7) is 2.76. The number of hydrogen-bond donors (Lipinski definition) is 1. The monoisotopic (exact) mass is 548 g/mol. The number of esters is 2. The molecule has 2 aromatic carbocycles. The molecule has 2 aromatic rings. The highest BCUT2D eigenvalue weighted by molar-refractivity contribution is 5.83. The summed E-state index contributed by atoms with van der Waals surface area (Å²) in [5.41, 5.74) is 3.70. The van der Waals surface area contributed by atoms with Gasteiger partial charge in [-0.2, -0.15) is 0 Å². The number of aliphatic hydroxyl groups is 1. The van der Waals surface area contributed by atoms with Gasteiger partial charge in [0.15, 0.2) is 6.10 Å². The van der Waals surface area contributed by atoms with Gasteiger partial charge in [0.25, 0.3) is 0 Å². The van der Waals surface area contributed by atoms with Crippen LogP contribution in [-0.2, 0) is 41.5 Å². The molecular weight excluding hydrogens is 508 g/mol. The molecule has 0 aliphatic heterocycles. The summed E-state index contributed by atoms with van der Waals surface area (Å²) in [4.78, 5) is 49.3. The van der Waals surface area contributed by atoms with Crippen molar-refractivity contribution < 1.29 is 33.8 Å². The first kappa shape index (κ1) is 29.7. The minimum Gasteiger partial charge on any atom is -0.461 e. The van der Waals surface area contributed by atoms with Crippen molar-refractivity contribution in [3.05, 3.63) is 70.8 Å². The van der Waals surface area contributed by atoms with Crippen LogP contribution in [0.15, 0.2) is 48.5 Å². The van der Waals surface area contributed by atoms with Gasteiger partial charge in [0.1, 0.15) is 18.2 Å². The van der Waals surface area contributed by atoms with Gasteiger partial charge in [-0.3, -0.25) is 19.2 Å². The van der Waals surface area contributed by atoms with Crippen LogP contribution in [0.3, 0.4) is 0 Å². The predicted molar refractivity (Wildman–Crippen MR) is 150 cm³/mol. The largest absolute Gasteiger partial charge is 0.461 e. The predicted octanol–water partition coefficient (Wildman–Crippen LogP) is 4.86. The molecule has 7 nitrogen and oxygen atoms in total. The van der Waals surface area contributed by atoms with Gasteiger partial charge in [-0.15, -0.1) is 0 Å². The van der Waals surface area contributed by atoms with E-state index in [4.69, 9.17) is 9.47 Å². The molecule has 0 bridgehead atoms. The number of Topliss-reactive ketones (excluding diaryl/α,β-unsaturated/α-hetero) is 2. The van der Waals surface area contributed by atoms with E-state index in [0.717, 1.165) is 60.8 Å². The molecule has 5 unspecified atom stereocenters. The van der Waals surface area contributed by atoms with Crippen LogP contribution in [0.2, 0.25) is 0 Å². The zero-order chi connectivity index (χ0) is 28.6. The van der Waals surface area contributed by atoms with Gasteiger partial charge >= 0.3 is 11.9 Å². The van der Waals surface area contributed by atoms with Gasteiger partial charge in [-0.05, 0) is 74.6 Å². The maximum atomic E-state index is 12.8. The van der Waals surface area contributed by atoms with E-state index >= 15 is 0 Å². The average molecular weight is 549 g/mol. The molecule has 0 spiro atoms. The number of carbonyl (C=O) groups excluding carboxylic acids is 4. The molecule has 1 N–H and O–H groups in total. The van der Waals surface area contributed by atoms with E-state index < -0.39 is 36.5 Å². The zero-order valence-corrected chi connectivity index (χ0v) is 23.5. The highest BCUT2D eigenvalue weighted by atomic mass is 16.6. The Labute approximate surface area is 236 Å². The van der Waals surface area contributed by atoms with Crippen LogP contribution >= 0.6 is 0 Å². The van der Waals surface area contributed by atoms with Gasteiger partial charge < -0.3 is 14.6 Å². The van der Waals surface area contributed by atoms with E-state index in [0.29, 0.717) is 24.4 Å². The van der Waals surface area contributed by atoms with Crippen molar-refractivity contribution in [1.29, 1.82) is 0 Å². The normalized spacial score (nSPS) is 21.2. The van der Waals surface area contributed by atoms with E-state index in [9.17, 15) is 24.3 Å². The zero-order valence-electron chi connectivity index (χ0n) is 23.5. The fourth-order valence-corrected chi connectivity index (χ4v) is 5.62. The number of rotatable bonds is 12. The van der Waals surface area contributed by atoms with Gasteiger partial charge in [0.2, 0.25) is 0 Å². The summed E-state index contributed by atoms with van der Waals surface area (Å²) in [7, 11) is 0. The van der Waals surface area contributed by atoms with Gasteiger partial charge in [0.05, 0.1) is 18.4 Å². The summed E-state index contributed by atoms with van der Waals surface area (Å²) >= 11 is 0. The lowest BCUT2D eigenvalue weighted by Gasteiger charge is -2.20. The Kier molecular flexibility index (Phi) is 10.3. The average Bonchev–Trinajstić information content (AvgIpc) is 3.57. The smallest absolute Gasteiger partial charge is 0.313 e. The van der Waals surface area contributed by atoms with Crippen LogP contribution in [0.25, 0.3) is 0 Å². The lowest BCUT2D eigenvalue weighted by atomic mass is 9.94. The number of carbonyl (C=O) groups is 4. The van der Waals surface area contributed by atoms with E-state index in [2.05, 4.69) is 0 Å². The number of benzene rings is 2. The molecule has 2 fully saturated rings. The molecular formula is C33H40O7. The Balaban J connectivity index is 1.23. The molecule has 214 valence electrons. The van der Waals surface area contributed by atoms with Gasteiger partial charge in [-0.25, -0.2) is 0 Å². The van der Waals surface area contributed by atoms with E-state index in [-0.39, 0.29) is 18.4 Å². The fourth-order valence-electron chi connectivity index (χ4n) is 5.62. The maximum absolute atomic E-state index is 12.8. The Morgan fingerprint density at radius 3 is 1.62 bits per heavy atom. The minimum atomic E-state index is -0.968. The quantitative estimate of drug-likeness (QED) is 0.377. The summed E-state index contributed by atoms with van der Waals surface area (Å²) in [6.07, 6.45) is 5.62. The summed E-state index contributed by atoms with van der Waals surface area (Å²) in [5, 5.41) is 9.74. The van der Waals surface area contributed by atoms with Crippen LogP contribution in [0.5, 0.6) is 0 Å².